The van der Waals surface area contributed by atoms with E-state index in [9.17, 15) is 4.79 Å². The number of carbonyl (C=O) groups is 1. The minimum absolute atomic E-state index is 0.0243. The second kappa shape index (κ2) is 6.13. The van der Waals surface area contributed by atoms with Crippen molar-refractivity contribution >= 4 is 23.1 Å². The van der Waals surface area contributed by atoms with Crippen molar-refractivity contribution in [1.82, 2.24) is 9.78 Å². The molecule has 1 aliphatic rings. The van der Waals surface area contributed by atoms with Crippen molar-refractivity contribution in [1.29, 1.82) is 0 Å². The Labute approximate surface area is 143 Å². The molecule has 0 fully saturated rings. The van der Waals surface area contributed by atoms with Crippen LogP contribution < -0.4 is 10.1 Å². The molecule has 0 aliphatic carbocycles. The van der Waals surface area contributed by atoms with Gasteiger partial charge >= 0.3 is 0 Å². The SMILES string of the molecule is COc1ccc([C@@H]2CC(=O)Nc3c2cnn3Cc2cccs2)cc1. The average Bonchev–Trinajstić information content (AvgIpc) is 3.25. The lowest BCUT2D eigenvalue weighted by molar-refractivity contribution is -0.116. The smallest absolute Gasteiger partial charge is 0.226 e. The zero-order chi connectivity index (χ0) is 16.5. The highest BCUT2D eigenvalue weighted by Gasteiger charge is 2.30. The first-order valence-electron chi connectivity index (χ1n) is 7.76. The molecule has 1 N–H and O–H groups in total. The van der Waals surface area contributed by atoms with E-state index in [2.05, 4.69) is 16.5 Å². The molecule has 1 aromatic carbocycles. The fourth-order valence-corrected chi connectivity index (χ4v) is 3.76. The van der Waals surface area contributed by atoms with E-state index >= 15 is 0 Å². The largest absolute Gasteiger partial charge is 0.497 e. The third-order valence-corrected chi connectivity index (χ3v) is 5.16. The Morgan fingerprint density at radius 1 is 1.33 bits per heavy atom. The van der Waals surface area contributed by atoms with Crippen molar-refractivity contribution in [2.75, 3.05) is 12.4 Å². The maximum atomic E-state index is 12.2. The zero-order valence-corrected chi connectivity index (χ0v) is 14.0. The molecule has 0 radical (unpaired) electrons. The number of hydrogen-bond donors (Lipinski definition) is 1. The third-order valence-electron chi connectivity index (χ3n) is 4.29. The normalized spacial score (nSPS) is 16.5. The van der Waals surface area contributed by atoms with Crippen molar-refractivity contribution in [3.63, 3.8) is 0 Å². The van der Waals surface area contributed by atoms with Gasteiger partial charge in [0.15, 0.2) is 0 Å². The minimum Gasteiger partial charge on any atom is -0.497 e. The van der Waals surface area contributed by atoms with Crippen LogP contribution >= 0.6 is 11.3 Å². The number of carbonyl (C=O) groups excluding carboxylic acids is 1. The highest BCUT2D eigenvalue weighted by atomic mass is 32.1. The molecular weight excluding hydrogens is 322 g/mol. The fraction of sp³-hybridized carbons (Fsp3) is 0.222. The van der Waals surface area contributed by atoms with Gasteiger partial charge in [-0.25, -0.2) is 4.68 Å². The number of aromatic nitrogens is 2. The summed E-state index contributed by atoms with van der Waals surface area (Å²) in [7, 11) is 1.65. The van der Waals surface area contributed by atoms with E-state index in [0.717, 1.165) is 22.7 Å². The monoisotopic (exact) mass is 339 g/mol. The topological polar surface area (TPSA) is 56.1 Å². The van der Waals surface area contributed by atoms with E-state index in [1.165, 1.54) is 4.88 Å². The molecule has 1 amide bonds. The third kappa shape index (κ3) is 2.69. The number of nitrogens with one attached hydrogen (secondary N) is 1. The Morgan fingerprint density at radius 3 is 2.88 bits per heavy atom. The number of amides is 1. The van der Waals surface area contributed by atoms with Crippen molar-refractivity contribution in [3.8, 4) is 5.75 Å². The minimum atomic E-state index is 0.0243. The fourth-order valence-electron chi connectivity index (χ4n) is 3.07. The van der Waals surface area contributed by atoms with Gasteiger partial charge in [0.1, 0.15) is 11.6 Å². The van der Waals surface area contributed by atoms with E-state index < -0.39 is 0 Å². The summed E-state index contributed by atoms with van der Waals surface area (Å²) < 4.78 is 7.09. The quantitative estimate of drug-likeness (QED) is 0.792. The van der Waals surface area contributed by atoms with Crippen LogP contribution in [0.2, 0.25) is 0 Å². The van der Waals surface area contributed by atoms with Crippen LogP contribution in [-0.2, 0) is 11.3 Å². The highest BCUT2D eigenvalue weighted by molar-refractivity contribution is 7.09. The second-order valence-electron chi connectivity index (χ2n) is 5.76. The molecule has 0 spiro atoms. The van der Waals surface area contributed by atoms with Gasteiger partial charge < -0.3 is 10.1 Å². The molecule has 0 saturated heterocycles. The molecule has 0 bridgehead atoms. The maximum absolute atomic E-state index is 12.2. The van der Waals surface area contributed by atoms with Gasteiger partial charge in [-0.2, -0.15) is 5.10 Å². The molecule has 5 nitrogen and oxygen atoms in total. The van der Waals surface area contributed by atoms with Gasteiger partial charge in [0.25, 0.3) is 0 Å². The van der Waals surface area contributed by atoms with Crippen LogP contribution in [0.1, 0.15) is 28.3 Å². The summed E-state index contributed by atoms with van der Waals surface area (Å²) in [5.74, 6) is 1.67. The lowest BCUT2D eigenvalue weighted by Gasteiger charge is -2.23. The number of nitrogens with zero attached hydrogens (tertiary/aromatic N) is 2. The summed E-state index contributed by atoms with van der Waals surface area (Å²) in [6.07, 6.45) is 2.31. The first kappa shape index (κ1) is 15.0. The van der Waals surface area contributed by atoms with Gasteiger partial charge in [-0.15, -0.1) is 11.3 Å². The molecule has 24 heavy (non-hydrogen) atoms. The van der Waals surface area contributed by atoms with E-state index in [1.54, 1.807) is 18.4 Å². The van der Waals surface area contributed by atoms with Crippen LogP contribution in [0.3, 0.4) is 0 Å². The lowest BCUT2D eigenvalue weighted by atomic mass is 9.87. The lowest BCUT2D eigenvalue weighted by Crippen LogP contribution is -2.25. The standard InChI is InChI=1S/C18H17N3O2S/c1-23-13-6-4-12(5-7-13)15-9-17(22)20-18-16(15)10-19-21(18)11-14-3-2-8-24-14/h2-8,10,15H,9,11H2,1H3,(H,20,22)/t15-/m0/s1. The van der Waals surface area contributed by atoms with E-state index in [-0.39, 0.29) is 11.8 Å². The molecule has 122 valence electrons. The Hall–Kier alpha value is -2.60. The molecule has 6 heteroatoms. The second-order valence-corrected chi connectivity index (χ2v) is 6.80. The van der Waals surface area contributed by atoms with E-state index in [1.807, 2.05) is 46.6 Å². The predicted octanol–water partition coefficient (Wildman–Crippen LogP) is 3.48. The van der Waals surface area contributed by atoms with Crippen molar-refractivity contribution in [3.05, 3.63) is 64.0 Å². The number of thiophene rings is 1. The van der Waals surface area contributed by atoms with Crippen LogP contribution in [-0.4, -0.2) is 22.8 Å². The number of benzene rings is 1. The first-order valence-corrected chi connectivity index (χ1v) is 8.64. The van der Waals surface area contributed by atoms with Crippen molar-refractivity contribution in [2.45, 2.75) is 18.9 Å². The van der Waals surface area contributed by atoms with Crippen LogP contribution in [0.4, 0.5) is 5.82 Å². The van der Waals surface area contributed by atoms with Crippen molar-refractivity contribution in [2.24, 2.45) is 0 Å². The van der Waals surface area contributed by atoms with Crippen molar-refractivity contribution < 1.29 is 9.53 Å². The molecule has 3 heterocycles. The Morgan fingerprint density at radius 2 is 2.17 bits per heavy atom. The van der Waals surface area contributed by atoms with Gasteiger partial charge in [-0.05, 0) is 29.1 Å². The Balaban J connectivity index is 1.69. The molecule has 0 saturated carbocycles. The molecular formula is C18H17N3O2S. The highest BCUT2D eigenvalue weighted by Crippen LogP contribution is 2.37. The molecule has 2 aromatic heterocycles. The molecule has 1 aliphatic heterocycles. The van der Waals surface area contributed by atoms with Gasteiger partial charge in [0, 0.05) is 22.8 Å². The van der Waals surface area contributed by atoms with E-state index in [4.69, 9.17) is 4.74 Å². The summed E-state index contributed by atoms with van der Waals surface area (Å²) in [5, 5.41) is 9.53. The number of rotatable bonds is 4. The van der Waals surface area contributed by atoms with Gasteiger partial charge in [-0.1, -0.05) is 18.2 Å². The number of anilines is 1. The van der Waals surface area contributed by atoms with Crippen LogP contribution in [0.25, 0.3) is 0 Å². The zero-order valence-electron chi connectivity index (χ0n) is 13.2. The Kier molecular flexibility index (Phi) is 3.82. The molecule has 1 atom stereocenters. The van der Waals surface area contributed by atoms with Gasteiger partial charge in [0.05, 0.1) is 19.9 Å². The summed E-state index contributed by atoms with van der Waals surface area (Å²) >= 11 is 1.69. The summed E-state index contributed by atoms with van der Waals surface area (Å²) in [4.78, 5) is 13.4. The average molecular weight is 339 g/mol. The summed E-state index contributed by atoms with van der Waals surface area (Å²) in [6, 6.07) is 12.0. The number of fused-ring (bicyclic) bond motifs is 1. The number of hydrogen-bond acceptors (Lipinski definition) is 4. The molecule has 3 aromatic rings. The van der Waals surface area contributed by atoms with Crippen LogP contribution in [0, 0.1) is 0 Å². The van der Waals surface area contributed by atoms with E-state index in [0.29, 0.717) is 13.0 Å². The van der Waals surface area contributed by atoms with Crippen LogP contribution in [0.15, 0.2) is 48.0 Å². The van der Waals surface area contributed by atoms with Gasteiger partial charge in [-0.3, -0.25) is 4.79 Å². The van der Waals surface area contributed by atoms with Crippen LogP contribution in [0.5, 0.6) is 5.75 Å². The molecule has 4 rings (SSSR count). The molecule has 0 unspecified atom stereocenters. The Bertz CT molecular complexity index is 853. The van der Waals surface area contributed by atoms with Gasteiger partial charge in [0.2, 0.25) is 5.91 Å². The first-order chi connectivity index (χ1) is 11.7. The number of ether oxygens (including phenoxy) is 1. The number of methoxy groups -OCH3 is 1. The maximum Gasteiger partial charge on any atom is 0.226 e. The predicted molar refractivity (Wildman–Crippen MR) is 93.7 cm³/mol. The summed E-state index contributed by atoms with van der Waals surface area (Å²) in [6.45, 7) is 0.669. The summed E-state index contributed by atoms with van der Waals surface area (Å²) in [5.41, 5.74) is 2.17.